The van der Waals surface area contributed by atoms with Crippen LogP contribution in [0.2, 0.25) is 0 Å². The van der Waals surface area contributed by atoms with Gasteiger partial charge in [0.15, 0.2) is 4.80 Å². The summed E-state index contributed by atoms with van der Waals surface area (Å²) in [7, 11) is -0.505. The number of fused-ring (bicyclic) bond motifs is 1. The van der Waals surface area contributed by atoms with Gasteiger partial charge in [0.2, 0.25) is 10.0 Å². The number of amides is 1. The number of rotatable bonds is 5. The lowest BCUT2D eigenvalue weighted by atomic mass is 9.99. The first kappa shape index (κ1) is 21.5. The van der Waals surface area contributed by atoms with Crippen LogP contribution in [-0.4, -0.2) is 62.7 Å². The monoisotopic (exact) mass is 441 g/mol. The second kappa shape index (κ2) is 8.64. The number of thiazole rings is 1. The maximum absolute atomic E-state index is 12.8. The van der Waals surface area contributed by atoms with Crippen LogP contribution >= 0.6 is 11.3 Å². The highest BCUT2D eigenvalue weighted by Crippen LogP contribution is 2.24. The van der Waals surface area contributed by atoms with Gasteiger partial charge in [-0.3, -0.25) is 9.59 Å². The predicted octanol–water partition coefficient (Wildman–Crippen LogP) is 0.983. The number of piperidine rings is 1. The van der Waals surface area contributed by atoms with Gasteiger partial charge in [-0.1, -0.05) is 11.3 Å². The average Bonchev–Trinajstić information content (AvgIpc) is 3.03. The molecule has 1 aliphatic rings. The standard InChI is InChI=1S/C18H23N3O6S2/c1-26-13-6-7-14-15(9-13)28-18(21(14)11-16(22)27-2)19-17(23)12-5-4-8-20(10-12)29(3,24)25/h6-7,9,12H,4-5,8,10-11H2,1-3H3/t12-/m1/s1. The van der Waals surface area contributed by atoms with Gasteiger partial charge in [0.1, 0.15) is 12.3 Å². The molecule has 0 spiro atoms. The SMILES string of the molecule is COC(=O)Cn1c(=NC(=O)[C@@H]2CCCN(S(C)(=O)=O)C2)sc2cc(OC)ccc21. The van der Waals surface area contributed by atoms with E-state index in [0.29, 0.717) is 29.9 Å². The molecule has 9 nitrogen and oxygen atoms in total. The van der Waals surface area contributed by atoms with Crippen molar-refractivity contribution in [1.29, 1.82) is 0 Å². The molecule has 0 radical (unpaired) electrons. The van der Waals surface area contributed by atoms with Crippen LogP contribution in [0.1, 0.15) is 12.8 Å². The summed E-state index contributed by atoms with van der Waals surface area (Å²) in [4.78, 5) is 29.3. The number of carbonyl (C=O) groups is 2. The Morgan fingerprint density at radius 3 is 2.72 bits per heavy atom. The Morgan fingerprint density at radius 1 is 1.31 bits per heavy atom. The Bertz CT molecular complexity index is 1100. The molecule has 0 bridgehead atoms. The van der Waals surface area contributed by atoms with Crippen LogP contribution in [0.4, 0.5) is 0 Å². The zero-order valence-corrected chi connectivity index (χ0v) is 18.1. The molecule has 0 aliphatic carbocycles. The number of hydrogen-bond donors (Lipinski definition) is 0. The highest BCUT2D eigenvalue weighted by Gasteiger charge is 2.30. The maximum atomic E-state index is 12.8. The van der Waals surface area contributed by atoms with Crippen molar-refractivity contribution in [3.05, 3.63) is 23.0 Å². The van der Waals surface area contributed by atoms with E-state index in [1.165, 1.54) is 22.8 Å². The maximum Gasteiger partial charge on any atom is 0.325 e. The van der Waals surface area contributed by atoms with Crippen molar-refractivity contribution in [2.45, 2.75) is 19.4 Å². The van der Waals surface area contributed by atoms with E-state index in [1.54, 1.807) is 23.8 Å². The molecule has 29 heavy (non-hydrogen) atoms. The van der Waals surface area contributed by atoms with E-state index in [-0.39, 0.29) is 13.1 Å². The van der Waals surface area contributed by atoms with E-state index in [9.17, 15) is 18.0 Å². The number of nitrogens with zero attached hydrogens (tertiary/aromatic N) is 3. The molecule has 0 saturated carbocycles. The molecule has 0 unspecified atom stereocenters. The van der Waals surface area contributed by atoms with Crippen LogP contribution in [0.25, 0.3) is 10.2 Å². The molecule has 158 valence electrons. The first-order chi connectivity index (χ1) is 13.7. The minimum absolute atomic E-state index is 0.0882. The van der Waals surface area contributed by atoms with Gasteiger partial charge in [-0.25, -0.2) is 12.7 Å². The lowest BCUT2D eigenvalue weighted by molar-refractivity contribution is -0.141. The molecule has 11 heteroatoms. The van der Waals surface area contributed by atoms with Crippen LogP contribution in [0.5, 0.6) is 5.75 Å². The summed E-state index contributed by atoms with van der Waals surface area (Å²) < 4.78 is 37.4. The summed E-state index contributed by atoms with van der Waals surface area (Å²) in [5.41, 5.74) is 0.731. The molecule has 1 amide bonds. The van der Waals surface area contributed by atoms with Crippen molar-refractivity contribution in [3.63, 3.8) is 0 Å². The average molecular weight is 442 g/mol. The van der Waals surface area contributed by atoms with Crippen LogP contribution in [0.15, 0.2) is 23.2 Å². The molecular weight excluding hydrogens is 418 g/mol. The number of ether oxygens (including phenoxy) is 2. The van der Waals surface area contributed by atoms with Gasteiger partial charge in [-0.05, 0) is 31.0 Å². The Labute approximate surface area is 172 Å². The lowest BCUT2D eigenvalue weighted by Crippen LogP contribution is -2.41. The zero-order chi connectivity index (χ0) is 21.2. The molecule has 3 rings (SSSR count). The number of hydrogen-bond acceptors (Lipinski definition) is 7. The molecule has 1 aromatic carbocycles. The largest absolute Gasteiger partial charge is 0.497 e. The summed E-state index contributed by atoms with van der Waals surface area (Å²) in [6, 6.07) is 5.37. The molecule has 1 atom stereocenters. The fourth-order valence-electron chi connectivity index (χ4n) is 3.24. The van der Waals surface area contributed by atoms with Crippen molar-refractivity contribution >= 4 is 43.5 Å². The third-order valence-electron chi connectivity index (χ3n) is 4.81. The summed E-state index contributed by atoms with van der Waals surface area (Å²) in [5.74, 6) is -0.714. The number of carbonyl (C=O) groups excluding carboxylic acids is 2. The first-order valence-electron chi connectivity index (χ1n) is 9.01. The highest BCUT2D eigenvalue weighted by molar-refractivity contribution is 7.88. The van der Waals surface area contributed by atoms with Gasteiger partial charge in [0.25, 0.3) is 5.91 Å². The van der Waals surface area contributed by atoms with E-state index in [2.05, 4.69) is 4.99 Å². The number of aromatic nitrogens is 1. The molecule has 1 aliphatic heterocycles. The zero-order valence-electron chi connectivity index (χ0n) is 16.5. The molecule has 1 aromatic heterocycles. The van der Waals surface area contributed by atoms with Gasteiger partial charge >= 0.3 is 5.97 Å². The number of esters is 1. The molecule has 2 heterocycles. The predicted molar refractivity (Wildman–Crippen MR) is 108 cm³/mol. The normalized spacial score (nSPS) is 18.7. The van der Waals surface area contributed by atoms with E-state index in [1.807, 2.05) is 6.07 Å². The minimum Gasteiger partial charge on any atom is -0.497 e. The molecule has 1 saturated heterocycles. The highest BCUT2D eigenvalue weighted by atomic mass is 32.2. The van der Waals surface area contributed by atoms with Crippen molar-refractivity contribution in [3.8, 4) is 5.75 Å². The van der Waals surface area contributed by atoms with Gasteiger partial charge in [0.05, 0.1) is 36.6 Å². The third-order valence-corrected chi connectivity index (χ3v) is 7.12. The fraction of sp³-hybridized carbons (Fsp3) is 0.500. The van der Waals surface area contributed by atoms with Crippen LogP contribution < -0.4 is 9.54 Å². The molecule has 1 fully saturated rings. The van der Waals surface area contributed by atoms with Gasteiger partial charge in [-0.2, -0.15) is 4.99 Å². The summed E-state index contributed by atoms with van der Waals surface area (Å²) in [6.07, 6.45) is 2.32. The van der Waals surface area contributed by atoms with Crippen LogP contribution in [-0.2, 0) is 30.9 Å². The fourth-order valence-corrected chi connectivity index (χ4v) is 5.22. The second-order valence-electron chi connectivity index (χ2n) is 6.79. The third kappa shape index (κ3) is 4.85. The lowest BCUT2D eigenvalue weighted by Gasteiger charge is -2.28. The molecular formula is C18H23N3O6S2. The van der Waals surface area contributed by atoms with E-state index < -0.39 is 27.8 Å². The smallest absolute Gasteiger partial charge is 0.325 e. The summed E-state index contributed by atoms with van der Waals surface area (Å²) in [6.45, 7) is 0.444. The Morgan fingerprint density at radius 2 is 2.07 bits per heavy atom. The quantitative estimate of drug-likeness (QED) is 0.641. The number of benzene rings is 1. The van der Waals surface area contributed by atoms with Crippen LogP contribution in [0, 0.1) is 5.92 Å². The van der Waals surface area contributed by atoms with E-state index in [4.69, 9.17) is 9.47 Å². The van der Waals surface area contributed by atoms with Crippen molar-refractivity contribution < 1.29 is 27.5 Å². The van der Waals surface area contributed by atoms with Gasteiger partial charge in [0, 0.05) is 13.1 Å². The Balaban J connectivity index is 2.00. The minimum atomic E-state index is -3.36. The first-order valence-corrected chi connectivity index (χ1v) is 11.7. The molecule has 0 N–H and O–H groups in total. The van der Waals surface area contributed by atoms with Crippen molar-refractivity contribution in [2.75, 3.05) is 33.6 Å². The second-order valence-corrected chi connectivity index (χ2v) is 9.78. The van der Waals surface area contributed by atoms with Gasteiger partial charge < -0.3 is 14.0 Å². The summed E-state index contributed by atoms with van der Waals surface area (Å²) >= 11 is 1.26. The van der Waals surface area contributed by atoms with Gasteiger partial charge in [-0.15, -0.1) is 0 Å². The van der Waals surface area contributed by atoms with Crippen molar-refractivity contribution in [1.82, 2.24) is 8.87 Å². The molecule has 2 aromatic rings. The van der Waals surface area contributed by atoms with Crippen molar-refractivity contribution in [2.24, 2.45) is 10.9 Å². The van der Waals surface area contributed by atoms with E-state index >= 15 is 0 Å². The topological polar surface area (TPSA) is 107 Å². The Hall–Kier alpha value is -2.24. The number of methoxy groups -OCH3 is 2. The van der Waals surface area contributed by atoms with E-state index in [0.717, 1.165) is 16.5 Å². The summed E-state index contributed by atoms with van der Waals surface area (Å²) in [5, 5.41) is 0. The Kier molecular flexibility index (Phi) is 6.39. The number of sulfonamides is 1. The van der Waals surface area contributed by atoms with Crippen LogP contribution in [0.3, 0.4) is 0 Å².